The molecule has 5 atom stereocenters. The maximum absolute atomic E-state index is 11.4. The molecule has 0 spiro atoms. The van der Waals surface area contributed by atoms with E-state index < -0.39 is 0 Å². The molecule has 3 unspecified atom stereocenters. The molecule has 0 aromatic rings. The summed E-state index contributed by atoms with van der Waals surface area (Å²) in [5, 5.41) is -0.164. The maximum Gasteiger partial charge on any atom is 0.225 e. The Balaban J connectivity index is 2.25. The van der Waals surface area contributed by atoms with Crippen LogP contribution in [0.5, 0.6) is 0 Å². The van der Waals surface area contributed by atoms with Crippen LogP contribution in [0.1, 0.15) is 46.5 Å². The molecule has 0 heterocycles. The van der Waals surface area contributed by atoms with Gasteiger partial charge in [-0.2, -0.15) is 0 Å². The van der Waals surface area contributed by atoms with Crippen LogP contribution in [0.3, 0.4) is 0 Å². The lowest BCUT2D eigenvalue weighted by atomic mass is 9.63. The number of hydrogen-bond donors (Lipinski definition) is 0. The van der Waals surface area contributed by atoms with E-state index in [0.717, 1.165) is 12.3 Å². The number of hydrogen-bond acceptors (Lipinski definition) is 1. The summed E-state index contributed by atoms with van der Waals surface area (Å²) in [5.74, 6) is 2.56. The zero-order valence-corrected chi connectivity index (χ0v) is 11.8. The normalized spacial score (nSPS) is 39.2. The Hall–Kier alpha value is -0.300. The van der Waals surface area contributed by atoms with Crippen molar-refractivity contribution in [2.24, 2.45) is 29.6 Å². The van der Waals surface area contributed by atoms with Crippen LogP contribution in [-0.4, -0.2) is 5.24 Å². The third kappa shape index (κ3) is 2.59. The summed E-state index contributed by atoms with van der Waals surface area (Å²) in [7, 11) is 0. The molecule has 1 nitrogen and oxygen atoms in total. The van der Waals surface area contributed by atoms with Gasteiger partial charge in [0.1, 0.15) is 0 Å². The second-order valence-corrected chi connectivity index (χ2v) is 6.45. The van der Waals surface area contributed by atoms with Crippen molar-refractivity contribution in [1.82, 2.24) is 0 Å². The van der Waals surface area contributed by atoms with E-state index in [-0.39, 0.29) is 11.2 Å². The van der Waals surface area contributed by atoms with Gasteiger partial charge in [-0.15, -0.1) is 0 Å². The third-order valence-electron chi connectivity index (χ3n) is 4.85. The summed E-state index contributed by atoms with van der Waals surface area (Å²) < 4.78 is 0. The smallest absolute Gasteiger partial charge is 0.225 e. The van der Waals surface area contributed by atoms with E-state index in [9.17, 15) is 4.79 Å². The minimum atomic E-state index is -0.164. The van der Waals surface area contributed by atoms with E-state index in [0.29, 0.717) is 17.8 Å². The van der Waals surface area contributed by atoms with Crippen molar-refractivity contribution in [1.29, 1.82) is 0 Å². The lowest BCUT2D eigenvalue weighted by Gasteiger charge is -2.42. The second kappa shape index (κ2) is 5.14. The molecule has 0 bridgehead atoms. The average Bonchev–Trinajstić information content (AvgIpc) is 2.28. The van der Waals surface area contributed by atoms with E-state index in [4.69, 9.17) is 11.6 Å². The summed E-state index contributed by atoms with van der Waals surface area (Å²) in [5.41, 5.74) is 1.55. The van der Waals surface area contributed by atoms with E-state index in [1.54, 1.807) is 5.57 Å². The third-order valence-corrected chi connectivity index (χ3v) is 5.19. The van der Waals surface area contributed by atoms with Crippen molar-refractivity contribution in [3.63, 3.8) is 0 Å². The van der Waals surface area contributed by atoms with Crippen LogP contribution in [0.15, 0.2) is 11.6 Å². The van der Waals surface area contributed by atoms with Crippen LogP contribution in [0.2, 0.25) is 0 Å². The first-order valence-corrected chi connectivity index (χ1v) is 7.29. The molecule has 1 saturated carbocycles. The van der Waals surface area contributed by atoms with E-state index >= 15 is 0 Å². The summed E-state index contributed by atoms with van der Waals surface area (Å²) in [6.45, 7) is 6.64. The second-order valence-electron chi connectivity index (χ2n) is 6.08. The van der Waals surface area contributed by atoms with E-state index in [1.165, 1.54) is 19.3 Å². The molecular weight excluding hydrogens is 232 g/mol. The van der Waals surface area contributed by atoms with E-state index in [2.05, 4.69) is 19.9 Å². The van der Waals surface area contributed by atoms with E-state index in [1.807, 2.05) is 6.92 Å². The summed E-state index contributed by atoms with van der Waals surface area (Å²) >= 11 is 5.70. The van der Waals surface area contributed by atoms with Gasteiger partial charge in [-0.05, 0) is 61.0 Å². The van der Waals surface area contributed by atoms with Crippen molar-refractivity contribution < 1.29 is 4.79 Å². The molecular formula is C15H23ClO. The Morgan fingerprint density at radius 1 is 1.29 bits per heavy atom. The van der Waals surface area contributed by atoms with Gasteiger partial charge in [-0.25, -0.2) is 0 Å². The Kier molecular flexibility index (Phi) is 3.97. The zero-order valence-electron chi connectivity index (χ0n) is 11.1. The molecule has 0 N–H and O–H groups in total. The monoisotopic (exact) mass is 254 g/mol. The first-order chi connectivity index (χ1) is 8.00. The first kappa shape index (κ1) is 13.1. The van der Waals surface area contributed by atoms with Crippen LogP contribution in [0.25, 0.3) is 0 Å². The molecule has 2 heteroatoms. The maximum atomic E-state index is 11.4. The fraction of sp³-hybridized carbons (Fsp3) is 0.800. The number of allylic oxidation sites excluding steroid dienone is 2. The minimum Gasteiger partial charge on any atom is -0.281 e. The van der Waals surface area contributed by atoms with Crippen LogP contribution in [-0.2, 0) is 4.79 Å². The largest absolute Gasteiger partial charge is 0.281 e. The Morgan fingerprint density at radius 3 is 2.65 bits per heavy atom. The van der Waals surface area contributed by atoms with Crippen LogP contribution in [0.4, 0.5) is 0 Å². The van der Waals surface area contributed by atoms with Crippen molar-refractivity contribution in [3.05, 3.63) is 11.6 Å². The summed E-state index contributed by atoms with van der Waals surface area (Å²) in [6.07, 6.45) is 7.42. The number of carbonyl (C=O) groups is 1. The molecule has 0 aromatic carbocycles. The Bertz CT molecular complexity index is 334. The predicted molar refractivity (Wildman–Crippen MR) is 71.9 cm³/mol. The van der Waals surface area contributed by atoms with Gasteiger partial charge < -0.3 is 0 Å². The van der Waals surface area contributed by atoms with Gasteiger partial charge >= 0.3 is 0 Å². The molecule has 1 fully saturated rings. The van der Waals surface area contributed by atoms with Crippen LogP contribution < -0.4 is 0 Å². The number of rotatable bonds is 2. The number of halogens is 1. The van der Waals surface area contributed by atoms with Gasteiger partial charge in [0.25, 0.3) is 0 Å². The van der Waals surface area contributed by atoms with Gasteiger partial charge in [0.15, 0.2) is 0 Å². The van der Waals surface area contributed by atoms with Gasteiger partial charge in [0.2, 0.25) is 5.24 Å². The molecule has 0 saturated heterocycles. The summed E-state index contributed by atoms with van der Waals surface area (Å²) in [6, 6.07) is 0. The molecule has 2 aliphatic rings. The van der Waals surface area contributed by atoms with Crippen molar-refractivity contribution >= 4 is 16.8 Å². The minimum absolute atomic E-state index is 0.0109. The topological polar surface area (TPSA) is 17.1 Å². The molecule has 96 valence electrons. The standard InChI is InChI=1S/C15H23ClO/c1-9-4-6-12-10(2)5-7-13(14(12)8-9)11(3)15(16)17/h8-13H,4-7H2,1-3H3/t9?,10-,11?,12?,13+/m1/s1. The van der Waals surface area contributed by atoms with Crippen molar-refractivity contribution in [2.75, 3.05) is 0 Å². The predicted octanol–water partition coefficient (Wildman–Crippen LogP) is 4.41. The molecule has 17 heavy (non-hydrogen) atoms. The summed E-state index contributed by atoms with van der Waals surface area (Å²) in [4.78, 5) is 11.4. The van der Waals surface area contributed by atoms with Gasteiger partial charge in [-0.1, -0.05) is 32.4 Å². The fourth-order valence-corrected chi connectivity index (χ4v) is 3.82. The highest BCUT2D eigenvalue weighted by Crippen LogP contribution is 2.47. The molecule has 2 aliphatic carbocycles. The molecule has 0 aromatic heterocycles. The lowest BCUT2D eigenvalue weighted by Crippen LogP contribution is -2.34. The zero-order chi connectivity index (χ0) is 12.6. The van der Waals surface area contributed by atoms with Crippen LogP contribution in [0, 0.1) is 29.6 Å². The molecule has 0 radical (unpaired) electrons. The molecule has 0 aliphatic heterocycles. The first-order valence-electron chi connectivity index (χ1n) is 6.91. The van der Waals surface area contributed by atoms with Crippen LogP contribution >= 0.6 is 11.6 Å². The lowest BCUT2D eigenvalue weighted by molar-refractivity contribution is -0.116. The SMILES string of the molecule is CC1C=C2C(CC1)[C@H](C)CC[C@H]2C(C)C(=O)Cl. The fourth-order valence-electron chi connectivity index (χ4n) is 3.66. The van der Waals surface area contributed by atoms with Crippen molar-refractivity contribution in [3.8, 4) is 0 Å². The highest BCUT2D eigenvalue weighted by molar-refractivity contribution is 6.64. The Labute approximate surface area is 110 Å². The number of carbonyl (C=O) groups excluding carboxylic acids is 1. The quantitative estimate of drug-likeness (QED) is 0.527. The number of fused-ring (bicyclic) bond motifs is 1. The average molecular weight is 255 g/mol. The molecule has 0 amide bonds. The van der Waals surface area contributed by atoms with Gasteiger partial charge in [0.05, 0.1) is 0 Å². The Morgan fingerprint density at radius 2 is 2.00 bits per heavy atom. The highest BCUT2D eigenvalue weighted by atomic mass is 35.5. The molecule has 2 rings (SSSR count). The van der Waals surface area contributed by atoms with Gasteiger partial charge in [0, 0.05) is 5.92 Å². The van der Waals surface area contributed by atoms with Crippen molar-refractivity contribution in [2.45, 2.75) is 46.5 Å². The van der Waals surface area contributed by atoms with Gasteiger partial charge in [-0.3, -0.25) is 4.79 Å². The highest BCUT2D eigenvalue weighted by Gasteiger charge is 2.38.